The molecule has 28 heavy (non-hydrogen) atoms. The number of amides is 1. The summed E-state index contributed by atoms with van der Waals surface area (Å²) in [7, 11) is 1.53. The molecule has 2 aromatic carbocycles. The Labute approximate surface area is 164 Å². The Morgan fingerprint density at radius 3 is 2.71 bits per heavy atom. The molecule has 2 heterocycles. The van der Waals surface area contributed by atoms with Gasteiger partial charge in [-0.3, -0.25) is 4.79 Å². The lowest BCUT2D eigenvalue weighted by Gasteiger charge is -2.39. The van der Waals surface area contributed by atoms with Crippen LogP contribution in [0.25, 0.3) is 11.1 Å². The predicted molar refractivity (Wildman–Crippen MR) is 106 cm³/mol. The smallest absolute Gasteiger partial charge is 0.249 e. The van der Waals surface area contributed by atoms with Crippen molar-refractivity contribution < 1.29 is 14.6 Å². The normalized spacial score (nSPS) is 22.8. The van der Waals surface area contributed by atoms with Crippen LogP contribution in [0.3, 0.4) is 0 Å². The third-order valence-electron chi connectivity index (χ3n) is 5.80. The van der Waals surface area contributed by atoms with Crippen molar-refractivity contribution in [2.24, 2.45) is 5.92 Å². The number of carbonyl (C=O) groups excluding carboxylic acids is 1. The maximum Gasteiger partial charge on any atom is 0.249 e. The molecule has 0 spiro atoms. The predicted octanol–water partition coefficient (Wildman–Crippen LogP) is 2.55. The molecule has 2 aliphatic rings. The highest BCUT2D eigenvalue weighted by molar-refractivity contribution is 5.80. The van der Waals surface area contributed by atoms with Crippen LogP contribution in [0.5, 0.6) is 0 Å². The van der Waals surface area contributed by atoms with Crippen molar-refractivity contribution in [1.29, 1.82) is 5.26 Å². The summed E-state index contributed by atoms with van der Waals surface area (Å²) in [5, 5.41) is 22.3. The quantitative estimate of drug-likeness (QED) is 0.855. The fourth-order valence-electron chi connectivity index (χ4n) is 4.47. The Hall–Kier alpha value is -2.88. The average Bonchev–Trinajstić information content (AvgIpc) is 3.19. The van der Waals surface area contributed by atoms with Crippen LogP contribution in [0.1, 0.15) is 23.6 Å². The minimum atomic E-state index is -0.0746. The highest BCUT2D eigenvalue weighted by Gasteiger charge is 2.45. The lowest BCUT2D eigenvalue weighted by Crippen LogP contribution is -2.43. The van der Waals surface area contributed by atoms with E-state index in [9.17, 15) is 9.90 Å². The summed E-state index contributed by atoms with van der Waals surface area (Å²) in [5.41, 5.74) is 4.71. The number of rotatable bonds is 4. The Morgan fingerprint density at radius 2 is 2.04 bits per heavy atom. The number of ether oxygens (including phenoxy) is 1. The Balaban J connectivity index is 1.75. The second-order valence-electron chi connectivity index (χ2n) is 7.34. The molecule has 2 aromatic rings. The van der Waals surface area contributed by atoms with E-state index >= 15 is 0 Å². The van der Waals surface area contributed by atoms with Gasteiger partial charge in [0.15, 0.2) is 0 Å². The molecule has 0 radical (unpaired) electrons. The van der Waals surface area contributed by atoms with Crippen LogP contribution in [-0.2, 0) is 9.53 Å². The van der Waals surface area contributed by atoms with Gasteiger partial charge < -0.3 is 20.1 Å². The third kappa shape index (κ3) is 3.13. The number of nitrogens with zero attached hydrogens (tertiary/aromatic N) is 2. The molecule has 3 atom stereocenters. The summed E-state index contributed by atoms with van der Waals surface area (Å²) in [5.74, 6) is 0.137. The fourth-order valence-corrected chi connectivity index (χ4v) is 4.47. The van der Waals surface area contributed by atoms with Crippen molar-refractivity contribution in [3.63, 3.8) is 0 Å². The molecular formula is C22H23N3O3. The van der Waals surface area contributed by atoms with Crippen LogP contribution in [0.2, 0.25) is 0 Å². The Morgan fingerprint density at radius 1 is 1.29 bits per heavy atom. The number of nitriles is 1. The van der Waals surface area contributed by atoms with Crippen molar-refractivity contribution in [3.05, 3.63) is 53.6 Å². The van der Waals surface area contributed by atoms with Crippen LogP contribution >= 0.6 is 0 Å². The molecule has 0 aromatic heterocycles. The number of methoxy groups -OCH3 is 1. The first-order valence-corrected chi connectivity index (χ1v) is 9.46. The summed E-state index contributed by atoms with van der Waals surface area (Å²) >= 11 is 0. The zero-order valence-corrected chi connectivity index (χ0v) is 15.8. The van der Waals surface area contributed by atoms with E-state index in [-0.39, 0.29) is 37.1 Å². The monoisotopic (exact) mass is 377 g/mol. The van der Waals surface area contributed by atoms with Crippen LogP contribution in [0, 0.1) is 17.2 Å². The number of benzene rings is 2. The zero-order chi connectivity index (χ0) is 19.7. The second kappa shape index (κ2) is 7.63. The van der Waals surface area contributed by atoms with Gasteiger partial charge in [0.05, 0.1) is 30.3 Å². The molecule has 144 valence electrons. The second-order valence-corrected chi connectivity index (χ2v) is 7.34. The van der Waals surface area contributed by atoms with E-state index in [0.717, 1.165) is 28.8 Å². The van der Waals surface area contributed by atoms with Crippen LogP contribution in [0.15, 0.2) is 42.5 Å². The molecule has 6 heteroatoms. The minimum Gasteiger partial charge on any atom is -0.394 e. The van der Waals surface area contributed by atoms with Crippen molar-refractivity contribution in [1.82, 2.24) is 4.90 Å². The van der Waals surface area contributed by atoms with Gasteiger partial charge in [0.2, 0.25) is 5.91 Å². The number of aliphatic hydroxyl groups is 1. The number of fused-ring (bicyclic) bond motifs is 3. The van der Waals surface area contributed by atoms with Gasteiger partial charge in [-0.25, -0.2) is 0 Å². The van der Waals surface area contributed by atoms with Crippen molar-refractivity contribution in [2.45, 2.75) is 18.5 Å². The van der Waals surface area contributed by atoms with Gasteiger partial charge in [0, 0.05) is 25.3 Å². The largest absolute Gasteiger partial charge is 0.394 e. The van der Waals surface area contributed by atoms with E-state index in [1.54, 1.807) is 0 Å². The van der Waals surface area contributed by atoms with Gasteiger partial charge in [-0.2, -0.15) is 5.26 Å². The standard InChI is InChI=1S/C22H23N3O3/c1-28-13-21(27)25-9-8-17-20(12-26)24-19-7-6-16(10-18(19)22(17)25)15-4-2-14(11-23)3-5-15/h2-7,10,17,20,22,24,26H,8-9,12-13H2,1H3/t17-,20-,22-/m0/s1. The first-order valence-electron chi connectivity index (χ1n) is 9.46. The van der Waals surface area contributed by atoms with Crippen LogP contribution in [0.4, 0.5) is 5.69 Å². The molecule has 6 nitrogen and oxygen atoms in total. The molecule has 0 saturated carbocycles. The number of anilines is 1. The molecule has 1 amide bonds. The summed E-state index contributed by atoms with van der Waals surface area (Å²) in [6, 6.07) is 15.6. The molecule has 0 aliphatic carbocycles. The van der Waals surface area contributed by atoms with Crippen LogP contribution in [-0.4, -0.2) is 48.8 Å². The third-order valence-corrected chi connectivity index (χ3v) is 5.80. The highest BCUT2D eigenvalue weighted by atomic mass is 16.5. The topological polar surface area (TPSA) is 85.6 Å². The van der Waals surface area contributed by atoms with Crippen molar-refractivity contribution in [2.75, 3.05) is 32.2 Å². The zero-order valence-electron chi connectivity index (χ0n) is 15.8. The fraction of sp³-hybridized carbons (Fsp3) is 0.364. The molecule has 1 fully saturated rings. The molecule has 0 unspecified atom stereocenters. The summed E-state index contributed by atoms with van der Waals surface area (Å²) in [4.78, 5) is 14.5. The summed E-state index contributed by atoms with van der Waals surface area (Å²) < 4.78 is 5.07. The van der Waals surface area contributed by atoms with Gasteiger partial charge in [-0.1, -0.05) is 18.2 Å². The summed E-state index contributed by atoms with van der Waals surface area (Å²) in [6.07, 6.45) is 0.846. The maximum absolute atomic E-state index is 12.6. The van der Waals surface area contributed by atoms with Crippen LogP contribution < -0.4 is 5.32 Å². The SMILES string of the molecule is COCC(=O)N1CC[C@H]2[C@H](CO)Nc3ccc(-c4ccc(C#N)cc4)cc3[C@H]21. The molecular weight excluding hydrogens is 354 g/mol. The van der Waals surface area contributed by atoms with E-state index in [2.05, 4.69) is 17.5 Å². The van der Waals surface area contributed by atoms with E-state index in [1.165, 1.54) is 7.11 Å². The molecule has 4 rings (SSSR count). The number of hydrogen-bond donors (Lipinski definition) is 2. The molecule has 1 saturated heterocycles. The number of carbonyl (C=O) groups is 1. The number of likely N-dealkylation sites (tertiary alicyclic amines) is 1. The Kier molecular flexibility index (Phi) is 5.03. The van der Waals surface area contributed by atoms with Gasteiger partial charge >= 0.3 is 0 Å². The number of hydrogen-bond acceptors (Lipinski definition) is 5. The minimum absolute atomic E-state index is 0.0247. The molecule has 2 aliphatic heterocycles. The average molecular weight is 377 g/mol. The first-order chi connectivity index (χ1) is 13.7. The lowest BCUT2D eigenvalue weighted by molar-refractivity contribution is -0.136. The van der Waals surface area contributed by atoms with Crippen molar-refractivity contribution in [3.8, 4) is 17.2 Å². The van der Waals surface area contributed by atoms with Gasteiger partial charge in [-0.05, 0) is 47.4 Å². The lowest BCUT2D eigenvalue weighted by atomic mass is 9.82. The van der Waals surface area contributed by atoms with Gasteiger partial charge in [-0.15, -0.1) is 0 Å². The maximum atomic E-state index is 12.6. The van der Waals surface area contributed by atoms with Gasteiger partial charge in [0.25, 0.3) is 0 Å². The van der Waals surface area contributed by atoms with Gasteiger partial charge in [0.1, 0.15) is 6.61 Å². The molecule has 2 N–H and O–H groups in total. The van der Waals surface area contributed by atoms with E-state index in [4.69, 9.17) is 10.00 Å². The van der Waals surface area contributed by atoms with E-state index in [0.29, 0.717) is 12.1 Å². The Bertz CT molecular complexity index is 920. The van der Waals surface area contributed by atoms with E-state index in [1.807, 2.05) is 41.3 Å². The number of aliphatic hydroxyl groups excluding tert-OH is 1. The first kappa shape index (κ1) is 18.5. The highest BCUT2D eigenvalue weighted by Crippen LogP contribution is 2.47. The number of nitrogens with one attached hydrogen (secondary N) is 1. The molecule has 0 bridgehead atoms. The van der Waals surface area contributed by atoms with Crippen molar-refractivity contribution >= 4 is 11.6 Å². The van der Waals surface area contributed by atoms with E-state index < -0.39 is 0 Å². The summed E-state index contributed by atoms with van der Waals surface area (Å²) in [6.45, 7) is 0.756.